The lowest BCUT2D eigenvalue weighted by atomic mass is 10.1. The highest BCUT2D eigenvalue weighted by Gasteiger charge is 2.21. The lowest BCUT2D eigenvalue weighted by molar-refractivity contribution is -0.120. The van der Waals surface area contributed by atoms with Gasteiger partial charge in [-0.3, -0.25) is 4.79 Å². The summed E-state index contributed by atoms with van der Waals surface area (Å²) in [4.78, 5) is 12.2. The zero-order valence-electron chi connectivity index (χ0n) is 18.4. The van der Waals surface area contributed by atoms with Gasteiger partial charge < -0.3 is 14.8 Å². The zero-order valence-corrected chi connectivity index (χ0v) is 18.4. The monoisotopic (exact) mass is 419 g/mol. The Morgan fingerprint density at radius 2 is 1.97 bits per heavy atom. The molecule has 1 amide bonds. The van der Waals surface area contributed by atoms with Crippen LogP contribution in [-0.2, 0) is 17.6 Å². The third kappa shape index (κ3) is 5.54. The third-order valence-corrected chi connectivity index (χ3v) is 4.92. The van der Waals surface area contributed by atoms with Crippen molar-refractivity contribution in [1.29, 1.82) is 0 Å². The summed E-state index contributed by atoms with van der Waals surface area (Å²) in [6, 6.07) is 15.5. The van der Waals surface area contributed by atoms with Gasteiger partial charge in [0.25, 0.3) is 0 Å². The van der Waals surface area contributed by atoms with Crippen LogP contribution in [0.1, 0.15) is 30.2 Å². The normalized spacial score (nSPS) is 10.5. The van der Waals surface area contributed by atoms with Crippen molar-refractivity contribution in [3.05, 3.63) is 78.0 Å². The van der Waals surface area contributed by atoms with E-state index in [2.05, 4.69) is 18.8 Å². The minimum Gasteiger partial charge on any atom is -0.497 e. The smallest absolute Gasteiger partial charge is 0.226 e. The van der Waals surface area contributed by atoms with E-state index in [4.69, 9.17) is 14.6 Å². The predicted octanol–water partition coefficient (Wildman–Crippen LogP) is 4.78. The number of methoxy groups -OCH3 is 1. The molecule has 0 aliphatic heterocycles. The molecule has 1 aromatic heterocycles. The molecule has 31 heavy (non-hydrogen) atoms. The SMILES string of the molecule is C=CCNC(=O)CCc1c(CC)nn(-c2ccc(OC)cc2)c1Oc1cccc(C)c1. The van der Waals surface area contributed by atoms with Crippen molar-refractivity contribution in [3.63, 3.8) is 0 Å². The Labute approximate surface area is 183 Å². The van der Waals surface area contributed by atoms with Gasteiger partial charge in [-0.1, -0.05) is 25.1 Å². The Balaban J connectivity index is 2.01. The van der Waals surface area contributed by atoms with Crippen molar-refractivity contribution in [2.45, 2.75) is 33.1 Å². The molecule has 162 valence electrons. The van der Waals surface area contributed by atoms with Gasteiger partial charge in [0.05, 0.1) is 18.5 Å². The molecule has 0 atom stereocenters. The van der Waals surface area contributed by atoms with Crippen LogP contribution in [0.5, 0.6) is 17.4 Å². The molecule has 0 fully saturated rings. The second kappa shape index (κ2) is 10.5. The number of hydrogen-bond acceptors (Lipinski definition) is 4. The lowest BCUT2D eigenvalue weighted by Gasteiger charge is -2.12. The van der Waals surface area contributed by atoms with Crippen LogP contribution in [-0.4, -0.2) is 29.3 Å². The highest BCUT2D eigenvalue weighted by molar-refractivity contribution is 5.76. The largest absolute Gasteiger partial charge is 0.497 e. The molecule has 0 aliphatic rings. The van der Waals surface area contributed by atoms with E-state index in [0.29, 0.717) is 25.3 Å². The fraction of sp³-hybridized carbons (Fsp3) is 0.280. The summed E-state index contributed by atoms with van der Waals surface area (Å²) in [6.07, 6.45) is 3.28. The molecular weight excluding hydrogens is 390 g/mol. The van der Waals surface area contributed by atoms with Gasteiger partial charge in [-0.2, -0.15) is 5.10 Å². The van der Waals surface area contributed by atoms with Crippen LogP contribution in [0.4, 0.5) is 0 Å². The number of nitrogens with one attached hydrogen (secondary N) is 1. The molecule has 0 saturated carbocycles. The Morgan fingerprint density at radius 1 is 1.19 bits per heavy atom. The summed E-state index contributed by atoms with van der Waals surface area (Å²) in [5, 5.41) is 7.64. The Bertz CT molecular complexity index is 1040. The molecule has 0 aliphatic carbocycles. The summed E-state index contributed by atoms with van der Waals surface area (Å²) < 4.78 is 13.4. The highest BCUT2D eigenvalue weighted by atomic mass is 16.5. The van der Waals surface area contributed by atoms with Crippen molar-refractivity contribution in [3.8, 4) is 23.1 Å². The van der Waals surface area contributed by atoms with E-state index in [9.17, 15) is 4.79 Å². The first-order valence-electron chi connectivity index (χ1n) is 10.4. The van der Waals surface area contributed by atoms with Gasteiger partial charge in [0.15, 0.2) is 0 Å². The van der Waals surface area contributed by atoms with Gasteiger partial charge in [0, 0.05) is 18.5 Å². The average Bonchev–Trinajstić information content (AvgIpc) is 3.13. The fourth-order valence-corrected chi connectivity index (χ4v) is 3.32. The van der Waals surface area contributed by atoms with E-state index in [0.717, 1.165) is 40.4 Å². The van der Waals surface area contributed by atoms with E-state index in [-0.39, 0.29) is 5.91 Å². The Morgan fingerprint density at radius 3 is 2.61 bits per heavy atom. The molecule has 6 heteroatoms. The van der Waals surface area contributed by atoms with Crippen LogP contribution in [0.15, 0.2) is 61.2 Å². The van der Waals surface area contributed by atoms with Gasteiger partial charge in [0.1, 0.15) is 11.5 Å². The van der Waals surface area contributed by atoms with E-state index >= 15 is 0 Å². The number of amides is 1. The Kier molecular flexibility index (Phi) is 7.49. The molecule has 3 aromatic rings. The minimum atomic E-state index is -0.0272. The highest BCUT2D eigenvalue weighted by Crippen LogP contribution is 2.33. The number of rotatable bonds is 10. The van der Waals surface area contributed by atoms with Crippen LogP contribution < -0.4 is 14.8 Å². The summed E-state index contributed by atoms with van der Waals surface area (Å²) >= 11 is 0. The number of hydrogen-bond donors (Lipinski definition) is 1. The second-order valence-electron chi connectivity index (χ2n) is 7.21. The first-order valence-corrected chi connectivity index (χ1v) is 10.4. The first kappa shape index (κ1) is 22.2. The van der Waals surface area contributed by atoms with Gasteiger partial charge in [-0.15, -0.1) is 6.58 Å². The van der Waals surface area contributed by atoms with Gasteiger partial charge >= 0.3 is 0 Å². The zero-order chi connectivity index (χ0) is 22.2. The Hall–Kier alpha value is -3.54. The van der Waals surface area contributed by atoms with Crippen molar-refractivity contribution in [2.24, 2.45) is 0 Å². The molecule has 3 rings (SSSR count). The number of aromatic nitrogens is 2. The second-order valence-corrected chi connectivity index (χ2v) is 7.21. The third-order valence-electron chi connectivity index (χ3n) is 4.92. The number of nitrogens with zero attached hydrogens (tertiary/aromatic N) is 2. The maximum atomic E-state index is 12.2. The molecule has 0 saturated heterocycles. The van der Waals surface area contributed by atoms with Crippen molar-refractivity contribution < 1.29 is 14.3 Å². The molecule has 2 aromatic carbocycles. The molecule has 1 N–H and O–H groups in total. The first-order chi connectivity index (χ1) is 15.0. The summed E-state index contributed by atoms with van der Waals surface area (Å²) in [5.41, 5.74) is 3.82. The number of ether oxygens (including phenoxy) is 2. The van der Waals surface area contributed by atoms with Crippen LogP contribution in [0.25, 0.3) is 5.69 Å². The lowest BCUT2D eigenvalue weighted by Crippen LogP contribution is -2.23. The fourth-order valence-electron chi connectivity index (χ4n) is 3.32. The van der Waals surface area contributed by atoms with Crippen LogP contribution >= 0.6 is 0 Å². The van der Waals surface area contributed by atoms with E-state index < -0.39 is 0 Å². The van der Waals surface area contributed by atoms with E-state index in [1.807, 2.05) is 55.5 Å². The van der Waals surface area contributed by atoms with Crippen molar-refractivity contribution in [1.82, 2.24) is 15.1 Å². The van der Waals surface area contributed by atoms with E-state index in [1.165, 1.54) is 0 Å². The van der Waals surface area contributed by atoms with Gasteiger partial charge in [-0.05, 0) is 61.7 Å². The van der Waals surface area contributed by atoms with Crippen LogP contribution in [0.2, 0.25) is 0 Å². The molecule has 0 bridgehead atoms. The summed E-state index contributed by atoms with van der Waals surface area (Å²) in [7, 11) is 1.64. The quantitative estimate of drug-likeness (QED) is 0.481. The van der Waals surface area contributed by atoms with E-state index in [1.54, 1.807) is 17.9 Å². The maximum absolute atomic E-state index is 12.2. The summed E-state index contributed by atoms with van der Waals surface area (Å²) in [5.74, 6) is 2.10. The molecule has 0 spiro atoms. The topological polar surface area (TPSA) is 65.4 Å². The average molecular weight is 420 g/mol. The molecule has 1 heterocycles. The minimum absolute atomic E-state index is 0.0272. The molecule has 0 unspecified atom stereocenters. The van der Waals surface area contributed by atoms with Gasteiger partial charge in [-0.25, -0.2) is 4.68 Å². The standard InChI is InChI=1S/C25H29N3O3/c1-5-16-26-24(29)15-14-22-23(6-2)27-28(19-10-12-20(30-4)13-11-19)25(22)31-21-9-7-8-18(3)17-21/h5,7-13,17H,1,6,14-16H2,2-4H3,(H,26,29). The molecule has 6 nitrogen and oxygen atoms in total. The van der Waals surface area contributed by atoms with Crippen molar-refractivity contribution >= 4 is 5.91 Å². The maximum Gasteiger partial charge on any atom is 0.226 e. The van der Waals surface area contributed by atoms with Crippen LogP contribution in [0, 0.1) is 6.92 Å². The van der Waals surface area contributed by atoms with Gasteiger partial charge in [0.2, 0.25) is 11.8 Å². The van der Waals surface area contributed by atoms with Crippen LogP contribution in [0.3, 0.4) is 0 Å². The number of benzene rings is 2. The predicted molar refractivity (Wildman–Crippen MR) is 122 cm³/mol. The number of carbonyl (C=O) groups excluding carboxylic acids is 1. The van der Waals surface area contributed by atoms with Crippen molar-refractivity contribution in [2.75, 3.05) is 13.7 Å². The molecule has 0 radical (unpaired) electrons. The summed E-state index contributed by atoms with van der Waals surface area (Å²) in [6.45, 7) is 8.17. The molecular formula is C25H29N3O3. The number of carbonyl (C=O) groups is 1. The number of aryl methyl sites for hydroxylation is 2.